The van der Waals surface area contributed by atoms with Crippen molar-refractivity contribution in [3.8, 4) is 67.5 Å². The minimum atomic E-state index is -3.71. The second-order valence-electron chi connectivity index (χ2n) is 20.8. The van der Waals surface area contributed by atoms with Crippen LogP contribution in [0.5, 0.6) is 5.75 Å². The minimum Gasteiger partial charge on any atom is -0.507 e. The standard InChI is InChI=1S/C62H68N3O.Pt/c1-37-26-40(4)57(66)51(27-37)58-64-56-50(18-17-19-55(56)65(58)54-23-21-42(29-39(54)3)44-31-48(60(8,9)10)36-49(32-44)61(11,12)13)45-30-46(34-47(33-45)59(5,6)7)53-35-43(24-25-63-53)41-20-22-52(38(2)28-41)62(14,15)16;/h17-29,31-36,66H,1-16H3;/q-1;/i3D3,14D3,15D3,16D3,20D,22D,28D;. The Bertz CT molecular complexity index is 3710. The Kier molecular flexibility index (Phi) is 8.78. The zero-order chi connectivity index (χ0) is 60.4. The first-order chi connectivity index (χ1) is 37.0. The van der Waals surface area contributed by atoms with Crippen LogP contribution in [0.25, 0.3) is 72.7 Å². The number of nitrogens with zero attached hydrogens (tertiary/aromatic N) is 3. The molecule has 5 heteroatoms. The van der Waals surface area contributed by atoms with Gasteiger partial charge in [-0.1, -0.05) is 161 Å². The summed E-state index contributed by atoms with van der Waals surface area (Å²) in [4.78, 5) is 10.0. The molecule has 0 atom stereocenters. The van der Waals surface area contributed by atoms with Crippen LogP contribution >= 0.6 is 0 Å². The molecule has 0 fully saturated rings. The fraction of sp³-hybridized carbons (Fsp3) is 0.323. The third kappa shape index (κ3) is 9.89. The summed E-state index contributed by atoms with van der Waals surface area (Å²) < 4.78 is 132. The summed E-state index contributed by atoms with van der Waals surface area (Å²) in [5.41, 5.74) is 4.16. The van der Waals surface area contributed by atoms with Gasteiger partial charge in [-0.25, -0.2) is 4.98 Å². The number of imidazole rings is 1. The van der Waals surface area contributed by atoms with Gasteiger partial charge in [-0.15, -0.1) is 29.3 Å². The molecule has 4 nitrogen and oxygen atoms in total. The van der Waals surface area contributed by atoms with E-state index in [9.17, 15) is 7.85 Å². The number of phenols is 1. The Morgan fingerprint density at radius 1 is 0.612 bits per heavy atom. The molecule has 8 aromatic rings. The molecule has 0 aliphatic rings. The van der Waals surface area contributed by atoms with Crippen LogP contribution in [0.15, 0.2) is 115 Å². The van der Waals surface area contributed by atoms with Crippen LogP contribution in [0.4, 0.5) is 0 Å². The second-order valence-corrected chi connectivity index (χ2v) is 20.8. The van der Waals surface area contributed by atoms with E-state index in [0.29, 0.717) is 56.1 Å². The first-order valence-corrected chi connectivity index (χ1v) is 22.3. The van der Waals surface area contributed by atoms with E-state index in [4.69, 9.17) is 27.8 Å². The van der Waals surface area contributed by atoms with Gasteiger partial charge in [0.25, 0.3) is 0 Å². The molecule has 348 valence electrons. The van der Waals surface area contributed by atoms with Gasteiger partial charge < -0.3 is 5.11 Å². The van der Waals surface area contributed by atoms with E-state index in [1.165, 1.54) is 19.2 Å². The summed E-state index contributed by atoms with van der Waals surface area (Å²) in [6, 6.07) is 29.6. The van der Waals surface area contributed by atoms with Crippen LogP contribution in [0.3, 0.4) is 0 Å². The maximum Gasteiger partial charge on any atom is 0.148 e. The summed E-state index contributed by atoms with van der Waals surface area (Å²) in [5, 5.41) is 11.9. The van der Waals surface area contributed by atoms with Crippen molar-refractivity contribution in [1.29, 1.82) is 0 Å². The predicted molar refractivity (Wildman–Crippen MR) is 280 cm³/mol. The molecular formula is C62H68N3OPt-. The van der Waals surface area contributed by atoms with Crippen LogP contribution in [-0.4, -0.2) is 19.6 Å². The normalized spacial score (nSPS) is 16.4. The number of hydrogen-bond donors (Lipinski definition) is 1. The molecule has 6 aromatic carbocycles. The van der Waals surface area contributed by atoms with E-state index >= 15 is 0 Å². The largest absolute Gasteiger partial charge is 0.507 e. The monoisotopic (exact) mass is 1080 g/mol. The topological polar surface area (TPSA) is 50.9 Å². The van der Waals surface area contributed by atoms with Gasteiger partial charge in [0.1, 0.15) is 11.6 Å². The summed E-state index contributed by atoms with van der Waals surface area (Å²) in [5.74, 6) is 0.279. The molecule has 1 N–H and O–H groups in total. The fourth-order valence-corrected chi connectivity index (χ4v) is 8.48. The van der Waals surface area contributed by atoms with Gasteiger partial charge in [0.05, 0.1) is 26.4 Å². The van der Waals surface area contributed by atoms with E-state index in [-0.39, 0.29) is 59.9 Å². The molecule has 0 saturated carbocycles. The molecule has 0 unspecified atom stereocenters. The molecule has 0 amide bonds. The Morgan fingerprint density at radius 2 is 1.27 bits per heavy atom. The number of benzene rings is 6. The minimum absolute atomic E-state index is 0. The van der Waals surface area contributed by atoms with Crippen molar-refractivity contribution in [2.45, 2.75) is 132 Å². The average molecular weight is 1080 g/mol. The molecule has 67 heavy (non-hydrogen) atoms. The average Bonchev–Trinajstić information content (AvgIpc) is 1.58. The second kappa shape index (κ2) is 17.8. The smallest absolute Gasteiger partial charge is 0.148 e. The Balaban J connectivity index is 0.00000968. The van der Waals surface area contributed by atoms with E-state index in [1.54, 1.807) is 23.6 Å². The summed E-state index contributed by atoms with van der Waals surface area (Å²) in [6.45, 7) is 10.2. The van der Waals surface area contributed by atoms with Crippen molar-refractivity contribution in [2.75, 3.05) is 0 Å². The fourth-order valence-electron chi connectivity index (χ4n) is 8.48. The van der Waals surface area contributed by atoms with Gasteiger partial charge in [-0.05, 0) is 141 Å². The number of para-hydroxylation sites is 1. The number of aryl methyl sites for hydroxylation is 3. The Morgan fingerprint density at radius 3 is 1.93 bits per heavy atom. The molecule has 0 saturated heterocycles. The number of aromatic nitrogens is 3. The Labute approximate surface area is 436 Å². The quantitative estimate of drug-likeness (QED) is 0.169. The van der Waals surface area contributed by atoms with Gasteiger partial charge in [-0.3, -0.25) is 9.55 Å². The van der Waals surface area contributed by atoms with Crippen LogP contribution < -0.4 is 0 Å². The molecule has 0 spiro atoms. The third-order valence-electron chi connectivity index (χ3n) is 12.3. The number of rotatable bonds is 6. The van der Waals surface area contributed by atoms with Crippen LogP contribution in [0.2, 0.25) is 0 Å². The number of aromatic hydroxyl groups is 1. The SMILES string of the molecule is [2H]c1c([2H])c(C(C([2H])([2H])[2H])(C([2H])([2H])[2H])C([2H])([2H])[2H])c(C)c([2H])c1-c1ccnc(-c2[c-]c(-c3cccc4c3nc(-c3cc(C)cc(C)c3O)n4-c3ccc(-c4cc(C(C)(C)C)cc(C(C)(C)C)c4)cc3C([2H])([2H])[2H])cc(C(C)(C)C)c2)c1.[Pt]. The zero-order valence-corrected chi connectivity index (χ0v) is 42.6. The van der Waals surface area contributed by atoms with E-state index < -0.39 is 61.9 Å². The van der Waals surface area contributed by atoms with Crippen molar-refractivity contribution in [1.82, 2.24) is 14.5 Å². The van der Waals surface area contributed by atoms with Crippen LogP contribution in [0, 0.1) is 33.7 Å². The molecule has 0 aliphatic carbocycles. The third-order valence-corrected chi connectivity index (χ3v) is 12.3. The molecule has 2 aromatic heterocycles. The van der Waals surface area contributed by atoms with Crippen molar-refractivity contribution in [3.05, 3.63) is 166 Å². The summed E-state index contributed by atoms with van der Waals surface area (Å²) >= 11 is 0. The molecule has 0 radical (unpaired) electrons. The molecule has 8 rings (SSSR count). The van der Waals surface area contributed by atoms with Crippen molar-refractivity contribution < 1.29 is 46.7 Å². The number of hydrogen-bond acceptors (Lipinski definition) is 3. The van der Waals surface area contributed by atoms with Crippen LogP contribution in [-0.2, 0) is 42.7 Å². The predicted octanol–water partition coefficient (Wildman–Crippen LogP) is 16.7. The van der Waals surface area contributed by atoms with Gasteiger partial charge in [-0.2, -0.15) is 0 Å². The first kappa shape index (κ1) is 33.0. The van der Waals surface area contributed by atoms with Crippen molar-refractivity contribution >= 4 is 11.0 Å². The van der Waals surface area contributed by atoms with Gasteiger partial charge in [0.15, 0.2) is 0 Å². The summed E-state index contributed by atoms with van der Waals surface area (Å²) in [7, 11) is 0. The van der Waals surface area contributed by atoms with E-state index in [1.807, 2.05) is 82.3 Å². The van der Waals surface area contributed by atoms with E-state index in [2.05, 4.69) is 65.8 Å². The summed E-state index contributed by atoms with van der Waals surface area (Å²) in [6.07, 6.45) is 1.44. The van der Waals surface area contributed by atoms with Gasteiger partial charge in [0, 0.05) is 49.4 Å². The van der Waals surface area contributed by atoms with Gasteiger partial charge >= 0.3 is 0 Å². The Hall–Kier alpha value is -5.57. The van der Waals surface area contributed by atoms with Crippen molar-refractivity contribution in [2.24, 2.45) is 0 Å². The number of pyridine rings is 1. The molecule has 2 heterocycles. The maximum atomic E-state index is 11.9. The molecule has 0 aliphatic heterocycles. The maximum absolute atomic E-state index is 11.9. The number of phenolic OH excluding ortho intramolecular Hbond substituents is 1. The van der Waals surface area contributed by atoms with Crippen LogP contribution in [0.1, 0.15) is 148 Å². The molecular weight excluding hydrogens is 998 g/mol. The van der Waals surface area contributed by atoms with E-state index in [0.717, 1.165) is 33.4 Å². The van der Waals surface area contributed by atoms with Crippen molar-refractivity contribution in [3.63, 3.8) is 0 Å². The first-order valence-electron chi connectivity index (χ1n) is 29.8. The number of fused-ring (bicyclic) bond motifs is 1. The zero-order valence-electron chi connectivity index (χ0n) is 55.3. The molecule has 0 bridgehead atoms. The van der Waals surface area contributed by atoms with Gasteiger partial charge in [0.2, 0.25) is 0 Å².